The van der Waals surface area contributed by atoms with Crippen LogP contribution in [0.3, 0.4) is 0 Å². The first-order valence-corrected chi connectivity index (χ1v) is 12.1. The average molecular weight is 652 g/mol. The van der Waals surface area contributed by atoms with Crippen molar-refractivity contribution in [1.29, 1.82) is 0 Å². The van der Waals surface area contributed by atoms with Crippen LogP contribution >= 0.6 is 92.8 Å². The van der Waals surface area contributed by atoms with Gasteiger partial charge in [-0.25, -0.2) is 24.3 Å². The predicted octanol–water partition coefficient (Wildman–Crippen LogP) is 8.30. The molecule has 35 heavy (non-hydrogen) atoms. The number of carbonyl (C=O) groups is 2. The zero-order valence-corrected chi connectivity index (χ0v) is 23.0. The van der Waals surface area contributed by atoms with Crippen LogP contribution in [0, 0.1) is 0 Å². The Morgan fingerprint density at radius 3 is 1.63 bits per heavy atom. The second-order valence-electron chi connectivity index (χ2n) is 6.37. The zero-order chi connectivity index (χ0) is 26.4. The molecule has 0 heterocycles. The minimum Gasteiger partial charge on any atom is -0.478 e. The first-order valence-electron chi connectivity index (χ1n) is 9.06. The lowest BCUT2D eigenvalue weighted by Crippen LogP contribution is -2.15. The molecule has 0 bridgehead atoms. The van der Waals surface area contributed by atoms with Crippen LogP contribution in [-0.4, -0.2) is 35.5 Å². The van der Waals surface area contributed by atoms with Crippen molar-refractivity contribution in [3.05, 3.63) is 62.4 Å². The van der Waals surface area contributed by atoms with Gasteiger partial charge in [0.25, 0.3) is 0 Å². The Kier molecular flexibility index (Phi) is 12.2. The maximum atomic E-state index is 12.4. The van der Waals surface area contributed by atoms with E-state index < -0.39 is 33.1 Å². The molecule has 0 fully saturated rings. The van der Waals surface area contributed by atoms with Gasteiger partial charge < -0.3 is 9.84 Å². The lowest BCUT2D eigenvalue weighted by atomic mass is 10.1. The van der Waals surface area contributed by atoms with E-state index >= 15 is 0 Å². The Hall–Kier alpha value is -0.460. The Labute approximate surface area is 238 Å². The van der Waals surface area contributed by atoms with Crippen LogP contribution in [0.15, 0.2) is 0 Å². The van der Waals surface area contributed by atoms with E-state index in [9.17, 15) is 14.7 Å². The predicted molar refractivity (Wildman–Crippen MR) is 133 cm³/mol. The summed E-state index contributed by atoms with van der Waals surface area (Å²) >= 11 is 47.9. The van der Waals surface area contributed by atoms with Crippen LogP contribution in [-0.2, 0) is 32.6 Å². The smallest absolute Gasteiger partial charge is 0.340 e. The van der Waals surface area contributed by atoms with E-state index in [1.165, 1.54) is 0 Å². The van der Waals surface area contributed by atoms with E-state index in [0.29, 0.717) is 0 Å². The topological polar surface area (TPSA) is 112 Å². The molecule has 0 saturated heterocycles. The van der Waals surface area contributed by atoms with Crippen molar-refractivity contribution in [2.45, 2.75) is 19.6 Å². The lowest BCUT2D eigenvalue weighted by Gasteiger charge is -2.15. The zero-order valence-electron chi connectivity index (χ0n) is 16.9. The summed E-state index contributed by atoms with van der Waals surface area (Å²) in [5.41, 5.74) is -0.688. The van der Waals surface area contributed by atoms with Crippen molar-refractivity contribution in [1.82, 2.24) is 0 Å². The van der Waals surface area contributed by atoms with Crippen LogP contribution in [0.4, 0.5) is 0 Å². The molecule has 0 aromatic heterocycles. The highest BCUT2D eigenvalue weighted by Gasteiger charge is 2.29. The molecule has 8 nitrogen and oxygen atoms in total. The molecule has 2 N–H and O–H groups in total. The average Bonchev–Trinajstić information content (AvgIpc) is 2.82. The third-order valence-electron chi connectivity index (χ3n) is 4.26. The van der Waals surface area contributed by atoms with Crippen LogP contribution in [0.1, 0.15) is 38.3 Å². The van der Waals surface area contributed by atoms with E-state index in [2.05, 4.69) is 4.89 Å². The fourth-order valence-electron chi connectivity index (χ4n) is 2.63. The second kappa shape index (κ2) is 13.9. The second-order valence-corrected chi connectivity index (χ2v) is 9.39. The van der Waals surface area contributed by atoms with E-state index in [4.69, 9.17) is 113 Å². The molecule has 0 aliphatic rings. The Balaban J connectivity index is 1.95. The molecular formula is C19H12Cl8O8. The number of esters is 1. The van der Waals surface area contributed by atoms with E-state index in [0.717, 1.165) is 0 Å². The van der Waals surface area contributed by atoms with Gasteiger partial charge in [0.15, 0.2) is 0 Å². The SMILES string of the molecule is O=C(O)c1c(Cl)c(Cl)c(Cl)c(Cl)c1C(=O)OCCCOOCc1c(Cl)c(Cl)c(Cl)c(Cl)c1COO. The van der Waals surface area contributed by atoms with Gasteiger partial charge in [-0.3, -0.25) is 5.26 Å². The van der Waals surface area contributed by atoms with Crippen LogP contribution in [0.2, 0.25) is 40.2 Å². The molecule has 0 amide bonds. The normalized spacial score (nSPS) is 11.1. The van der Waals surface area contributed by atoms with Gasteiger partial charge in [-0.15, -0.1) is 0 Å². The van der Waals surface area contributed by atoms with Crippen molar-refractivity contribution in [2.24, 2.45) is 0 Å². The summed E-state index contributed by atoms with van der Waals surface area (Å²) in [4.78, 5) is 38.2. The summed E-state index contributed by atoms with van der Waals surface area (Å²) < 4.78 is 5.03. The maximum absolute atomic E-state index is 12.4. The molecule has 0 atom stereocenters. The fraction of sp³-hybridized carbons (Fsp3) is 0.263. The quantitative estimate of drug-likeness (QED) is 0.0623. The summed E-state index contributed by atoms with van der Waals surface area (Å²) in [6.07, 6.45) is 0.128. The van der Waals surface area contributed by atoms with Crippen molar-refractivity contribution >= 4 is 105 Å². The van der Waals surface area contributed by atoms with Crippen molar-refractivity contribution < 1.29 is 39.4 Å². The molecule has 0 saturated carbocycles. The Bertz CT molecular complexity index is 1140. The maximum Gasteiger partial charge on any atom is 0.340 e. The number of aromatic carboxylic acids is 1. The summed E-state index contributed by atoms with van der Waals surface area (Å²) in [6, 6.07) is 0. The first kappa shape index (κ1) is 30.8. The number of hydrogen-bond donors (Lipinski definition) is 2. The highest BCUT2D eigenvalue weighted by atomic mass is 35.5. The van der Waals surface area contributed by atoms with Crippen LogP contribution in [0.25, 0.3) is 0 Å². The van der Waals surface area contributed by atoms with Crippen LogP contribution in [0.5, 0.6) is 0 Å². The minimum atomic E-state index is -1.55. The number of hydrogen-bond acceptors (Lipinski definition) is 7. The molecule has 0 spiro atoms. The number of carbonyl (C=O) groups excluding carboxylic acids is 1. The number of halogens is 8. The number of benzene rings is 2. The summed E-state index contributed by atoms with van der Waals surface area (Å²) in [5.74, 6) is -2.63. The van der Waals surface area contributed by atoms with E-state index in [-0.39, 0.29) is 74.1 Å². The molecule has 0 aliphatic heterocycles. The van der Waals surface area contributed by atoms with Crippen molar-refractivity contribution in [2.75, 3.05) is 13.2 Å². The third-order valence-corrected chi connectivity index (χ3v) is 7.94. The largest absolute Gasteiger partial charge is 0.478 e. The Morgan fingerprint density at radius 2 is 1.11 bits per heavy atom. The Morgan fingerprint density at radius 1 is 0.629 bits per heavy atom. The minimum absolute atomic E-state index is 0.0161. The molecule has 2 aromatic carbocycles. The van der Waals surface area contributed by atoms with Gasteiger partial charge in [0, 0.05) is 17.5 Å². The van der Waals surface area contributed by atoms with Gasteiger partial charge in [0.1, 0.15) is 13.2 Å². The molecule has 16 heteroatoms. The lowest BCUT2D eigenvalue weighted by molar-refractivity contribution is -0.305. The molecule has 0 unspecified atom stereocenters. The molecular weight excluding hydrogens is 640 g/mol. The standard InChI is InChI=1S/C19H12Cl8O8/c20-10-6(4-33-31)7(11(21)15(25)14(10)24)5-35-34-3-1-2-32-19(30)9-8(18(28)29)12(22)16(26)17(27)13(9)23/h31H,1-5H2,(H,28,29). The van der Waals surface area contributed by atoms with Crippen LogP contribution < -0.4 is 0 Å². The van der Waals surface area contributed by atoms with Gasteiger partial charge in [0.2, 0.25) is 0 Å². The third kappa shape index (κ3) is 7.10. The fourth-order valence-corrected chi connectivity index (χ4v) is 4.68. The highest BCUT2D eigenvalue weighted by molar-refractivity contribution is 6.54. The summed E-state index contributed by atoms with van der Waals surface area (Å²) in [5, 5.41) is 16.7. The van der Waals surface area contributed by atoms with Crippen molar-refractivity contribution in [3.8, 4) is 0 Å². The number of carboxylic acid groups (broad SMARTS) is 1. The monoisotopic (exact) mass is 648 g/mol. The van der Waals surface area contributed by atoms with Gasteiger partial charge in [0.05, 0.1) is 64.5 Å². The number of rotatable bonds is 11. The number of carboxylic acids is 1. The number of ether oxygens (including phenoxy) is 1. The van der Waals surface area contributed by atoms with Gasteiger partial charge in [-0.2, -0.15) is 0 Å². The highest BCUT2D eigenvalue weighted by Crippen LogP contribution is 2.43. The van der Waals surface area contributed by atoms with Gasteiger partial charge in [-0.05, 0) is 0 Å². The van der Waals surface area contributed by atoms with Crippen molar-refractivity contribution in [3.63, 3.8) is 0 Å². The summed E-state index contributed by atoms with van der Waals surface area (Å²) in [7, 11) is 0. The first-order chi connectivity index (χ1) is 16.4. The molecule has 0 aliphatic carbocycles. The summed E-state index contributed by atoms with van der Waals surface area (Å²) in [6.45, 7) is -0.858. The van der Waals surface area contributed by atoms with Gasteiger partial charge in [-0.1, -0.05) is 92.8 Å². The molecule has 192 valence electrons. The van der Waals surface area contributed by atoms with E-state index in [1.807, 2.05) is 0 Å². The van der Waals surface area contributed by atoms with E-state index in [1.54, 1.807) is 0 Å². The van der Waals surface area contributed by atoms with Gasteiger partial charge >= 0.3 is 11.9 Å². The molecule has 2 rings (SSSR count). The molecule has 2 aromatic rings. The molecule has 0 radical (unpaired) electrons.